The highest BCUT2D eigenvalue weighted by molar-refractivity contribution is 7.13. The van der Waals surface area contributed by atoms with Crippen molar-refractivity contribution in [2.45, 2.75) is 84.2 Å². The molecule has 0 saturated carbocycles. The zero-order valence-electron chi connectivity index (χ0n) is 17.4. The largest absolute Gasteiger partial charge is 0.376 e. The number of aryl methyl sites for hydroxylation is 1. The molecule has 1 aromatic rings. The van der Waals surface area contributed by atoms with Crippen LogP contribution in [0.1, 0.15) is 76.8 Å². The molecule has 0 aliphatic carbocycles. The van der Waals surface area contributed by atoms with Crippen molar-refractivity contribution in [3.8, 4) is 0 Å². The van der Waals surface area contributed by atoms with Crippen molar-refractivity contribution in [1.82, 2.24) is 9.88 Å². The van der Waals surface area contributed by atoms with Crippen LogP contribution in [0.5, 0.6) is 0 Å². The predicted molar refractivity (Wildman–Crippen MR) is 114 cm³/mol. The molecule has 2 heterocycles. The summed E-state index contributed by atoms with van der Waals surface area (Å²) in [5.41, 5.74) is 0.881. The molecule has 1 fully saturated rings. The first-order chi connectivity index (χ1) is 13.6. The van der Waals surface area contributed by atoms with Gasteiger partial charge < -0.3 is 15.0 Å². The fourth-order valence-electron chi connectivity index (χ4n) is 3.42. The van der Waals surface area contributed by atoms with Crippen LogP contribution in [-0.2, 0) is 14.3 Å². The quantitative estimate of drug-likeness (QED) is 0.486. The molecule has 1 aliphatic rings. The molecule has 158 valence electrons. The molecule has 1 aliphatic heterocycles. The Morgan fingerprint density at radius 1 is 1.25 bits per heavy atom. The molecular formula is C21H35N3O3S. The van der Waals surface area contributed by atoms with E-state index in [9.17, 15) is 9.59 Å². The number of unbranched alkanes of at least 4 members (excludes halogenated alkanes) is 6. The number of amides is 2. The average molecular weight is 410 g/mol. The highest BCUT2D eigenvalue weighted by Gasteiger charge is 2.24. The number of carbonyl (C=O) groups is 2. The van der Waals surface area contributed by atoms with Crippen LogP contribution < -0.4 is 5.32 Å². The lowest BCUT2D eigenvalue weighted by atomic mass is 10.1. The van der Waals surface area contributed by atoms with E-state index in [1.165, 1.54) is 43.4 Å². The second kappa shape index (κ2) is 12.9. The molecule has 0 bridgehead atoms. The van der Waals surface area contributed by atoms with Gasteiger partial charge in [0.25, 0.3) is 0 Å². The number of rotatable bonds is 13. The molecule has 0 spiro atoms. The number of aromatic nitrogens is 1. The number of hydrogen-bond donors (Lipinski definition) is 1. The van der Waals surface area contributed by atoms with E-state index in [1.54, 1.807) is 4.90 Å². The Balaban J connectivity index is 1.78. The van der Waals surface area contributed by atoms with Gasteiger partial charge >= 0.3 is 0 Å². The average Bonchev–Trinajstić information content (AvgIpc) is 3.32. The topological polar surface area (TPSA) is 71.5 Å². The van der Waals surface area contributed by atoms with E-state index < -0.39 is 0 Å². The van der Waals surface area contributed by atoms with Gasteiger partial charge in [0.2, 0.25) is 11.8 Å². The zero-order valence-corrected chi connectivity index (χ0v) is 18.2. The maximum absolute atomic E-state index is 12.7. The van der Waals surface area contributed by atoms with Crippen LogP contribution in [0.25, 0.3) is 0 Å². The Kier molecular flexibility index (Phi) is 10.5. The number of nitrogens with zero attached hydrogens (tertiary/aromatic N) is 2. The summed E-state index contributed by atoms with van der Waals surface area (Å²) < 4.78 is 5.68. The lowest BCUT2D eigenvalue weighted by molar-refractivity contribution is -0.136. The highest BCUT2D eigenvalue weighted by atomic mass is 32.1. The number of ether oxygens (including phenoxy) is 1. The standard InChI is InChI=1S/C21H35N3O3S/c1-3-4-5-6-7-8-9-12-20(26)24(14-18-11-10-13-27-18)15-19(25)23-21-22-17(2)16-28-21/h16,18H,3-15H2,1-2H3,(H,22,23,25). The number of thiazole rings is 1. The molecule has 2 rings (SSSR count). The molecule has 1 N–H and O–H groups in total. The summed E-state index contributed by atoms with van der Waals surface area (Å²) in [6.45, 7) is 5.41. The zero-order chi connectivity index (χ0) is 20.2. The van der Waals surface area contributed by atoms with Gasteiger partial charge in [-0.05, 0) is 26.2 Å². The fourth-order valence-corrected chi connectivity index (χ4v) is 4.13. The molecule has 1 aromatic heterocycles. The Bertz CT molecular complexity index is 599. The van der Waals surface area contributed by atoms with Gasteiger partial charge in [-0.15, -0.1) is 11.3 Å². The van der Waals surface area contributed by atoms with Crippen LogP contribution in [-0.4, -0.2) is 47.5 Å². The monoisotopic (exact) mass is 409 g/mol. The highest BCUT2D eigenvalue weighted by Crippen LogP contribution is 2.17. The van der Waals surface area contributed by atoms with Gasteiger partial charge in [-0.25, -0.2) is 4.98 Å². The molecule has 1 unspecified atom stereocenters. The Hall–Kier alpha value is -1.47. The lowest BCUT2D eigenvalue weighted by Gasteiger charge is -2.25. The van der Waals surface area contributed by atoms with Gasteiger partial charge in [-0.2, -0.15) is 0 Å². The number of nitrogens with one attached hydrogen (secondary N) is 1. The predicted octanol–water partition coefficient (Wildman–Crippen LogP) is 4.54. The Morgan fingerprint density at radius 3 is 2.64 bits per heavy atom. The SMILES string of the molecule is CCCCCCCCCC(=O)N(CC(=O)Nc1nc(C)cs1)CC1CCCO1. The normalized spacial score (nSPS) is 16.3. The summed E-state index contributed by atoms with van der Waals surface area (Å²) in [4.78, 5) is 31.1. The molecule has 1 saturated heterocycles. The smallest absolute Gasteiger partial charge is 0.245 e. The summed E-state index contributed by atoms with van der Waals surface area (Å²) in [5.74, 6) is -0.144. The van der Waals surface area contributed by atoms with E-state index in [0.29, 0.717) is 18.1 Å². The van der Waals surface area contributed by atoms with E-state index in [1.807, 2.05) is 12.3 Å². The van der Waals surface area contributed by atoms with Crippen molar-refractivity contribution in [1.29, 1.82) is 0 Å². The van der Waals surface area contributed by atoms with Crippen LogP contribution in [0.15, 0.2) is 5.38 Å². The van der Waals surface area contributed by atoms with Crippen molar-refractivity contribution in [3.05, 3.63) is 11.1 Å². The Labute approximate surface area is 173 Å². The minimum Gasteiger partial charge on any atom is -0.376 e. The van der Waals surface area contributed by atoms with Gasteiger partial charge in [0.05, 0.1) is 11.8 Å². The summed E-state index contributed by atoms with van der Waals surface area (Å²) >= 11 is 1.40. The first kappa shape index (κ1) is 22.8. The van der Waals surface area contributed by atoms with Crippen LogP contribution in [0.3, 0.4) is 0 Å². The third-order valence-corrected chi connectivity index (χ3v) is 5.87. The van der Waals surface area contributed by atoms with E-state index in [-0.39, 0.29) is 24.5 Å². The second-order valence-electron chi connectivity index (χ2n) is 7.62. The van der Waals surface area contributed by atoms with Crippen molar-refractivity contribution < 1.29 is 14.3 Å². The van der Waals surface area contributed by atoms with E-state index in [0.717, 1.165) is 38.0 Å². The second-order valence-corrected chi connectivity index (χ2v) is 8.48. The summed E-state index contributed by atoms with van der Waals surface area (Å²) in [6, 6.07) is 0. The molecule has 6 nitrogen and oxygen atoms in total. The van der Waals surface area contributed by atoms with Gasteiger partial charge in [0.1, 0.15) is 6.54 Å². The first-order valence-corrected chi connectivity index (χ1v) is 11.6. The van der Waals surface area contributed by atoms with Crippen molar-refractivity contribution in [2.75, 3.05) is 25.0 Å². The third-order valence-electron chi connectivity index (χ3n) is 4.99. The number of carbonyl (C=O) groups excluding carboxylic acids is 2. The van der Waals surface area contributed by atoms with Crippen LogP contribution in [0.4, 0.5) is 5.13 Å². The lowest BCUT2D eigenvalue weighted by Crippen LogP contribution is -2.42. The van der Waals surface area contributed by atoms with Crippen LogP contribution in [0, 0.1) is 6.92 Å². The van der Waals surface area contributed by atoms with Gasteiger partial charge in [0, 0.05) is 25.0 Å². The van der Waals surface area contributed by atoms with Crippen molar-refractivity contribution in [2.24, 2.45) is 0 Å². The summed E-state index contributed by atoms with van der Waals surface area (Å²) in [5, 5.41) is 5.28. The van der Waals surface area contributed by atoms with E-state index in [4.69, 9.17) is 4.74 Å². The summed E-state index contributed by atoms with van der Waals surface area (Å²) in [7, 11) is 0. The molecule has 1 atom stereocenters. The van der Waals surface area contributed by atoms with Gasteiger partial charge in [0.15, 0.2) is 5.13 Å². The Morgan fingerprint density at radius 2 is 2.00 bits per heavy atom. The van der Waals surface area contributed by atoms with Crippen molar-refractivity contribution >= 4 is 28.3 Å². The third kappa shape index (κ3) is 8.69. The minimum absolute atomic E-state index is 0.0490. The van der Waals surface area contributed by atoms with Crippen molar-refractivity contribution in [3.63, 3.8) is 0 Å². The summed E-state index contributed by atoms with van der Waals surface area (Å²) in [6.07, 6.45) is 10.8. The van der Waals surface area contributed by atoms with Gasteiger partial charge in [-0.1, -0.05) is 45.4 Å². The fraction of sp³-hybridized carbons (Fsp3) is 0.762. The van der Waals surface area contributed by atoms with Gasteiger partial charge in [-0.3, -0.25) is 9.59 Å². The molecule has 28 heavy (non-hydrogen) atoms. The minimum atomic E-state index is -0.194. The molecular weight excluding hydrogens is 374 g/mol. The van der Waals surface area contributed by atoms with E-state index in [2.05, 4.69) is 17.2 Å². The number of anilines is 1. The maximum atomic E-state index is 12.7. The van der Waals surface area contributed by atoms with E-state index >= 15 is 0 Å². The molecule has 2 amide bonds. The molecule has 0 radical (unpaired) electrons. The maximum Gasteiger partial charge on any atom is 0.245 e. The van der Waals surface area contributed by atoms with Crippen LogP contribution in [0.2, 0.25) is 0 Å². The molecule has 7 heteroatoms. The first-order valence-electron chi connectivity index (χ1n) is 10.7. The van der Waals surface area contributed by atoms with Crippen LogP contribution >= 0.6 is 11.3 Å². The number of hydrogen-bond acceptors (Lipinski definition) is 5. The molecule has 0 aromatic carbocycles.